The van der Waals surface area contributed by atoms with Crippen LogP contribution in [0.1, 0.15) is 25.3 Å². The van der Waals surface area contributed by atoms with Crippen molar-refractivity contribution in [3.8, 4) is 11.4 Å². The molecule has 0 saturated heterocycles. The van der Waals surface area contributed by atoms with Gasteiger partial charge in [0.25, 0.3) is 0 Å². The zero-order valence-corrected chi connectivity index (χ0v) is 13.7. The van der Waals surface area contributed by atoms with Crippen molar-refractivity contribution < 1.29 is 4.79 Å². The third kappa shape index (κ3) is 3.50. The predicted octanol–water partition coefficient (Wildman–Crippen LogP) is 2.64. The molecule has 22 heavy (non-hydrogen) atoms. The van der Waals surface area contributed by atoms with Crippen molar-refractivity contribution in [2.24, 2.45) is 0 Å². The van der Waals surface area contributed by atoms with Gasteiger partial charge in [-0.1, -0.05) is 35.5 Å². The summed E-state index contributed by atoms with van der Waals surface area (Å²) in [6.07, 6.45) is 2.22. The highest BCUT2D eigenvalue weighted by molar-refractivity contribution is 7.99. The van der Waals surface area contributed by atoms with Crippen LogP contribution in [0.3, 0.4) is 0 Å². The predicted molar refractivity (Wildman–Crippen MR) is 87.8 cm³/mol. The van der Waals surface area contributed by atoms with Gasteiger partial charge in [-0.3, -0.25) is 4.79 Å². The van der Waals surface area contributed by atoms with E-state index in [1.165, 1.54) is 17.3 Å². The zero-order valence-electron chi connectivity index (χ0n) is 12.9. The molecule has 0 bridgehead atoms. The Morgan fingerprint density at radius 3 is 2.91 bits per heavy atom. The number of carbonyl (C=O) groups excluding carboxylic acids is 1. The normalized spacial score (nSPS) is 14.1. The molecule has 0 atom stereocenters. The summed E-state index contributed by atoms with van der Waals surface area (Å²) in [6, 6.07) is 8.63. The van der Waals surface area contributed by atoms with Gasteiger partial charge in [-0.05, 0) is 32.8 Å². The quantitative estimate of drug-likeness (QED) is 0.832. The van der Waals surface area contributed by atoms with Crippen LogP contribution in [0.25, 0.3) is 11.4 Å². The lowest BCUT2D eigenvalue weighted by atomic mass is 10.1. The molecule has 1 aromatic carbocycles. The fraction of sp³-hybridized carbons (Fsp3) is 0.438. The smallest absolute Gasteiger partial charge is 0.230 e. The number of amides is 1. The van der Waals surface area contributed by atoms with E-state index in [1.54, 1.807) is 0 Å². The molecule has 1 aliphatic carbocycles. The number of nitrogens with one attached hydrogen (secondary N) is 1. The molecule has 1 amide bonds. The van der Waals surface area contributed by atoms with E-state index in [0.717, 1.165) is 35.9 Å². The Labute approximate surface area is 134 Å². The second-order valence-corrected chi connectivity index (χ2v) is 6.49. The summed E-state index contributed by atoms with van der Waals surface area (Å²) >= 11 is 1.45. The van der Waals surface area contributed by atoms with Crippen LogP contribution < -0.4 is 5.32 Å². The minimum atomic E-state index is 0.0789. The first-order valence-corrected chi connectivity index (χ1v) is 8.58. The van der Waals surface area contributed by atoms with Crippen molar-refractivity contribution in [1.82, 2.24) is 20.1 Å². The van der Waals surface area contributed by atoms with Crippen LogP contribution in [-0.2, 0) is 11.3 Å². The molecule has 1 saturated carbocycles. The van der Waals surface area contributed by atoms with E-state index in [-0.39, 0.29) is 5.91 Å². The topological polar surface area (TPSA) is 59.8 Å². The zero-order chi connectivity index (χ0) is 15.5. The molecule has 1 fully saturated rings. The third-order valence-corrected chi connectivity index (χ3v) is 4.55. The molecule has 0 radical (unpaired) electrons. The van der Waals surface area contributed by atoms with Crippen LogP contribution in [0.4, 0.5) is 0 Å². The molecule has 0 aliphatic heterocycles. The molecule has 6 heteroatoms. The molecule has 2 aromatic rings. The van der Waals surface area contributed by atoms with Crippen molar-refractivity contribution in [3.63, 3.8) is 0 Å². The Bertz CT molecular complexity index is 679. The van der Waals surface area contributed by atoms with Crippen LogP contribution in [0.15, 0.2) is 29.4 Å². The largest absolute Gasteiger partial charge is 0.353 e. The van der Waals surface area contributed by atoms with Gasteiger partial charge in [0, 0.05) is 18.2 Å². The molecule has 116 valence electrons. The maximum atomic E-state index is 11.8. The Morgan fingerprint density at radius 2 is 2.23 bits per heavy atom. The van der Waals surface area contributed by atoms with E-state index < -0.39 is 0 Å². The molecule has 5 nitrogen and oxygen atoms in total. The van der Waals surface area contributed by atoms with Crippen molar-refractivity contribution >= 4 is 17.7 Å². The average molecular weight is 316 g/mol. The van der Waals surface area contributed by atoms with Crippen molar-refractivity contribution in [2.45, 2.75) is 44.4 Å². The second-order valence-electron chi connectivity index (χ2n) is 5.55. The Hall–Kier alpha value is -1.82. The summed E-state index contributed by atoms with van der Waals surface area (Å²) in [5.74, 6) is 1.33. The fourth-order valence-electron chi connectivity index (χ4n) is 2.31. The van der Waals surface area contributed by atoms with Crippen molar-refractivity contribution in [2.75, 3.05) is 5.75 Å². The van der Waals surface area contributed by atoms with Gasteiger partial charge in [-0.25, -0.2) is 0 Å². The maximum absolute atomic E-state index is 11.8. The van der Waals surface area contributed by atoms with Gasteiger partial charge in [0.2, 0.25) is 5.91 Å². The fourth-order valence-corrected chi connectivity index (χ4v) is 3.12. The first kappa shape index (κ1) is 15.1. The first-order valence-electron chi connectivity index (χ1n) is 7.59. The maximum Gasteiger partial charge on any atom is 0.230 e. The number of thioether (sulfide) groups is 1. The van der Waals surface area contributed by atoms with Crippen LogP contribution in [0.2, 0.25) is 0 Å². The molecule has 1 heterocycles. The SMILES string of the molecule is CCn1c(SCC(=O)NC2CC2)nnc1-c1cccc(C)c1. The monoisotopic (exact) mass is 316 g/mol. The van der Waals surface area contributed by atoms with E-state index in [4.69, 9.17) is 0 Å². The Kier molecular flexibility index (Phi) is 4.47. The number of nitrogens with zero attached hydrogens (tertiary/aromatic N) is 3. The van der Waals surface area contributed by atoms with E-state index in [1.807, 2.05) is 12.1 Å². The van der Waals surface area contributed by atoms with E-state index in [0.29, 0.717) is 11.8 Å². The number of hydrogen-bond donors (Lipinski definition) is 1. The van der Waals surface area contributed by atoms with Gasteiger partial charge in [0.1, 0.15) is 0 Å². The summed E-state index contributed by atoms with van der Waals surface area (Å²) in [5.41, 5.74) is 2.25. The minimum Gasteiger partial charge on any atom is -0.353 e. The standard InChI is InChI=1S/C16H20N4OS/c1-3-20-15(12-6-4-5-11(2)9-12)18-19-16(20)22-10-14(21)17-13-7-8-13/h4-6,9,13H,3,7-8,10H2,1-2H3,(H,17,21). The summed E-state index contributed by atoms with van der Waals surface area (Å²) < 4.78 is 2.06. The number of benzene rings is 1. The number of aromatic nitrogens is 3. The second kappa shape index (κ2) is 6.52. The molecule has 0 spiro atoms. The molecule has 0 unspecified atom stereocenters. The van der Waals surface area contributed by atoms with E-state index in [9.17, 15) is 4.79 Å². The number of aryl methyl sites for hydroxylation is 1. The first-order chi connectivity index (χ1) is 10.7. The van der Waals surface area contributed by atoms with Gasteiger partial charge < -0.3 is 9.88 Å². The van der Waals surface area contributed by atoms with Crippen molar-refractivity contribution in [3.05, 3.63) is 29.8 Å². The Morgan fingerprint density at radius 1 is 1.41 bits per heavy atom. The minimum absolute atomic E-state index is 0.0789. The third-order valence-electron chi connectivity index (χ3n) is 3.58. The summed E-state index contributed by atoms with van der Waals surface area (Å²) in [7, 11) is 0. The van der Waals surface area contributed by atoms with Crippen molar-refractivity contribution in [1.29, 1.82) is 0 Å². The highest BCUT2D eigenvalue weighted by Crippen LogP contribution is 2.25. The molecule has 1 aromatic heterocycles. The van der Waals surface area contributed by atoms with Gasteiger partial charge in [-0.2, -0.15) is 0 Å². The summed E-state index contributed by atoms with van der Waals surface area (Å²) in [5, 5.41) is 12.4. The van der Waals surface area contributed by atoms with Crippen LogP contribution in [0, 0.1) is 6.92 Å². The lowest BCUT2D eigenvalue weighted by molar-refractivity contribution is -0.118. The van der Waals surface area contributed by atoms with Gasteiger partial charge in [0.05, 0.1) is 5.75 Å². The molecular formula is C16H20N4OS. The molecule has 1 N–H and O–H groups in total. The van der Waals surface area contributed by atoms with E-state index >= 15 is 0 Å². The average Bonchev–Trinajstić information content (AvgIpc) is 3.21. The summed E-state index contributed by atoms with van der Waals surface area (Å²) in [4.78, 5) is 11.8. The Balaban J connectivity index is 1.73. The number of rotatable bonds is 6. The van der Waals surface area contributed by atoms with Gasteiger partial charge in [0.15, 0.2) is 11.0 Å². The molecule has 3 rings (SSSR count). The summed E-state index contributed by atoms with van der Waals surface area (Å²) in [6.45, 7) is 4.91. The molecule has 1 aliphatic rings. The molecular weight excluding hydrogens is 296 g/mol. The highest BCUT2D eigenvalue weighted by atomic mass is 32.2. The van der Waals surface area contributed by atoms with Crippen LogP contribution >= 0.6 is 11.8 Å². The number of carbonyl (C=O) groups is 1. The number of hydrogen-bond acceptors (Lipinski definition) is 4. The van der Waals surface area contributed by atoms with Gasteiger partial charge >= 0.3 is 0 Å². The lowest BCUT2D eigenvalue weighted by Crippen LogP contribution is -2.27. The van der Waals surface area contributed by atoms with E-state index in [2.05, 4.69) is 46.1 Å². The van der Waals surface area contributed by atoms with Crippen LogP contribution in [0.5, 0.6) is 0 Å². The lowest BCUT2D eigenvalue weighted by Gasteiger charge is -2.08. The van der Waals surface area contributed by atoms with Crippen LogP contribution in [-0.4, -0.2) is 32.5 Å². The van der Waals surface area contributed by atoms with Gasteiger partial charge in [-0.15, -0.1) is 10.2 Å². The highest BCUT2D eigenvalue weighted by Gasteiger charge is 2.23.